The van der Waals surface area contributed by atoms with Crippen molar-refractivity contribution in [2.24, 2.45) is 5.92 Å². The van der Waals surface area contributed by atoms with Crippen LogP contribution in [-0.2, 0) is 4.84 Å². The second-order valence-corrected chi connectivity index (χ2v) is 4.55. The third-order valence-electron chi connectivity index (χ3n) is 2.45. The number of carbonyl (C=O) groups excluding carboxylic acids is 1. The lowest BCUT2D eigenvalue weighted by atomic mass is 10.1. The molecule has 0 aliphatic carbocycles. The smallest absolute Gasteiger partial charge is 0.273 e. The molecule has 4 nitrogen and oxygen atoms in total. The molecule has 0 saturated carbocycles. The van der Waals surface area contributed by atoms with E-state index in [1.54, 1.807) is 12.3 Å². The van der Waals surface area contributed by atoms with Gasteiger partial charge in [0.25, 0.3) is 5.91 Å². The first-order valence-corrected chi connectivity index (χ1v) is 5.94. The van der Waals surface area contributed by atoms with Crippen LogP contribution in [0.5, 0.6) is 0 Å². The van der Waals surface area contributed by atoms with Crippen LogP contribution in [0, 0.1) is 5.92 Å². The summed E-state index contributed by atoms with van der Waals surface area (Å²) in [4.78, 5) is 21.0. The molecule has 18 heavy (non-hydrogen) atoms. The summed E-state index contributed by atoms with van der Waals surface area (Å²) in [6, 6.07) is 9.53. The molecule has 4 heteroatoms. The predicted molar refractivity (Wildman–Crippen MR) is 70.0 cm³/mol. The zero-order valence-electron chi connectivity index (χ0n) is 10.5. The van der Waals surface area contributed by atoms with Crippen LogP contribution in [0.25, 0.3) is 10.8 Å². The number of rotatable bonds is 4. The minimum Gasteiger partial charge on any atom is -0.273 e. The molecular formula is C14H16N2O2. The molecule has 0 saturated heterocycles. The molecule has 1 aromatic carbocycles. The number of nitrogens with zero attached hydrogens (tertiary/aromatic N) is 1. The molecule has 0 spiro atoms. The molecule has 0 unspecified atom stereocenters. The Labute approximate surface area is 106 Å². The van der Waals surface area contributed by atoms with E-state index in [0.717, 1.165) is 10.8 Å². The van der Waals surface area contributed by atoms with Crippen LogP contribution in [0.4, 0.5) is 0 Å². The van der Waals surface area contributed by atoms with Crippen LogP contribution in [0.3, 0.4) is 0 Å². The molecular weight excluding hydrogens is 228 g/mol. The standard InChI is InChI=1S/C14H16N2O2/c1-10(2)9-18-16-14(17)13-7-11-5-3-4-6-12(11)8-15-13/h3-8,10H,9H2,1-2H3,(H,16,17). The Morgan fingerprint density at radius 1 is 1.33 bits per heavy atom. The van der Waals surface area contributed by atoms with Gasteiger partial charge in [-0.15, -0.1) is 0 Å². The van der Waals surface area contributed by atoms with Gasteiger partial charge in [0.15, 0.2) is 0 Å². The maximum Gasteiger partial charge on any atom is 0.293 e. The van der Waals surface area contributed by atoms with E-state index in [1.165, 1.54) is 0 Å². The monoisotopic (exact) mass is 244 g/mol. The molecule has 1 N–H and O–H groups in total. The van der Waals surface area contributed by atoms with Crippen molar-refractivity contribution >= 4 is 16.7 Å². The lowest BCUT2D eigenvalue weighted by molar-refractivity contribution is 0.0205. The number of aromatic nitrogens is 1. The molecule has 2 rings (SSSR count). The molecule has 0 aliphatic heterocycles. The first kappa shape index (κ1) is 12.5. The van der Waals surface area contributed by atoms with Crippen molar-refractivity contribution < 1.29 is 9.63 Å². The first-order chi connectivity index (χ1) is 8.66. The van der Waals surface area contributed by atoms with Gasteiger partial charge in [-0.25, -0.2) is 5.48 Å². The SMILES string of the molecule is CC(C)CONC(=O)c1cc2ccccc2cn1. The van der Waals surface area contributed by atoms with Gasteiger partial charge in [-0.2, -0.15) is 0 Å². The van der Waals surface area contributed by atoms with E-state index in [4.69, 9.17) is 4.84 Å². The zero-order chi connectivity index (χ0) is 13.0. The summed E-state index contributed by atoms with van der Waals surface area (Å²) in [6.07, 6.45) is 1.69. The summed E-state index contributed by atoms with van der Waals surface area (Å²) in [5, 5.41) is 2.00. The molecule has 0 aliphatic rings. The van der Waals surface area contributed by atoms with Crippen molar-refractivity contribution in [3.8, 4) is 0 Å². The van der Waals surface area contributed by atoms with Crippen LogP contribution in [-0.4, -0.2) is 17.5 Å². The van der Waals surface area contributed by atoms with E-state index in [-0.39, 0.29) is 5.91 Å². The fourth-order valence-corrected chi connectivity index (χ4v) is 1.53. The van der Waals surface area contributed by atoms with E-state index in [2.05, 4.69) is 10.5 Å². The quantitative estimate of drug-likeness (QED) is 0.841. The number of pyridine rings is 1. The summed E-state index contributed by atoms with van der Waals surface area (Å²) in [5.74, 6) is 0.0521. The number of nitrogens with one attached hydrogen (secondary N) is 1. The van der Waals surface area contributed by atoms with Gasteiger partial charge in [0.2, 0.25) is 0 Å². The fourth-order valence-electron chi connectivity index (χ4n) is 1.53. The molecule has 0 atom stereocenters. The second-order valence-electron chi connectivity index (χ2n) is 4.55. The molecule has 0 fully saturated rings. The number of hydrogen-bond acceptors (Lipinski definition) is 3. The Bertz CT molecular complexity index is 552. The van der Waals surface area contributed by atoms with E-state index in [1.807, 2.05) is 38.1 Å². The lowest BCUT2D eigenvalue weighted by Gasteiger charge is -2.07. The van der Waals surface area contributed by atoms with Gasteiger partial charge >= 0.3 is 0 Å². The zero-order valence-corrected chi connectivity index (χ0v) is 10.5. The summed E-state index contributed by atoms with van der Waals surface area (Å²) < 4.78 is 0. The van der Waals surface area contributed by atoms with Crippen molar-refractivity contribution in [2.75, 3.05) is 6.61 Å². The molecule has 1 amide bonds. The Balaban J connectivity index is 2.08. The number of benzene rings is 1. The maximum atomic E-state index is 11.8. The number of carbonyl (C=O) groups is 1. The molecule has 0 radical (unpaired) electrons. The summed E-state index contributed by atoms with van der Waals surface area (Å²) in [5.41, 5.74) is 2.75. The van der Waals surface area contributed by atoms with Crippen LogP contribution >= 0.6 is 0 Å². The van der Waals surface area contributed by atoms with Gasteiger partial charge in [-0.1, -0.05) is 38.1 Å². The molecule has 2 aromatic rings. The molecule has 0 bridgehead atoms. The highest BCUT2D eigenvalue weighted by Gasteiger charge is 2.08. The van der Waals surface area contributed by atoms with Gasteiger partial charge in [0.1, 0.15) is 5.69 Å². The first-order valence-electron chi connectivity index (χ1n) is 5.94. The number of hydrogen-bond donors (Lipinski definition) is 1. The third kappa shape index (κ3) is 3.05. The molecule has 1 heterocycles. The number of fused-ring (bicyclic) bond motifs is 1. The van der Waals surface area contributed by atoms with E-state index < -0.39 is 0 Å². The molecule has 1 aromatic heterocycles. The Morgan fingerprint density at radius 3 is 2.78 bits per heavy atom. The highest BCUT2D eigenvalue weighted by atomic mass is 16.6. The summed E-state index contributed by atoms with van der Waals surface area (Å²) in [6.45, 7) is 4.51. The van der Waals surface area contributed by atoms with Gasteiger partial charge in [0.05, 0.1) is 6.61 Å². The predicted octanol–water partition coefficient (Wildman–Crippen LogP) is 2.55. The van der Waals surface area contributed by atoms with Crippen molar-refractivity contribution in [3.05, 3.63) is 42.2 Å². The van der Waals surface area contributed by atoms with Gasteiger partial charge in [-0.05, 0) is 17.4 Å². The average molecular weight is 244 g/mol. The van der Waals surface area contributed by atoms with Gasteiger partial charge < -0.3 is 0 Å². The van der Waals surface area contributed by atoms with Crippen molar-refractivity contribution in [2.45, 2.75) is 13.8 Å². The summed E-state index contributed by atoms with van der Waals surface area (Å²) >= 11 is 0. The van der Waals surface area contributed by atoms with Gasteiger partial charge in [-0.3, -0.25) is 14.6 Å². The van der Waals surface area contributed by atoms with E-state index in [0.29, 0.717) is 18.2 Å². The number of hydroxylamine groups is 1. The largest absolute Gasteiger partial charge is 0.293 e. The third-order valence-corrected chi connectivity index (χ3v) is 2.45. The Kier molecular flexibility index (Phi) is 3.89. The van der Waals surface area contributed by atoms with Crippen LogP contribution < -0.4 is 5.48 Å². The minimum atomic E-state index is -0.318. The van der Waals surface area contributed by atoms with Crippen LogP contribution in [0.15, 0.2) is 36.5 Å². The Morgan fingerprint density at radius 2 is 2.06 bits per heavy atom. The van der Waals surface area contributed by atoms with Crippen molar-refractivity contribution in [3.63, 3.8) is 0 Å². The Hall–Kier alpha value is -1.94. The van der Waals surface area contributed by atoms with Crippen molar-refractivity contribution in [1.29, 1.82) is 0 Å². The maximum absolute atomic E-state index is 11.8. The van der Waals surface area contributed by atoms with Crippen molar-refractivity contribution in [1.82, 2.24) is 10.5 Å². The van der Waals surface area contributed by atoms with E-state index in [9.17, 15) is 4.79 Å². The highest BCUT2D eigenvalue weighted by molar-refractivity contribution is 5.95. The van der Waals surface area contributed by atoms with Crippen LogP contribution in [0.2, 0.25) is 0 Å². The highest BCUT2D eigenvalue weighted by Crippen LogP contribution is 2.13. The molecule has 94 valence electrons. The summed E-state index contributed by atoms with van der Waals surface area (Å²) in [7, 11) is 0. The second kappa shape index (κ2) is 5.60. The topological polar surface area (TPSA) is 51.2 Å². The number of amides is 1. The minimum absolute atomic E-state index is 0.318. The average Bonchev–Trinajstić information content (AvgIpc) is 2.37. The van der Waals surface area contributed by atoms with E-state index >= 15 is 0 Å². The fraction of sp³-hybridized carbons (Fsp3) is 0.286. The lowest BCUT2D eigenvalue weighted by Crippen LogP contribution is -2.26. The van der Waals surface area contributed by atoms with Gasteiger partial charge in [0, 0.05) is 11.6 Å². The normalized spacial score (nSPS) is 10.8. The van der Waals surface area contributed by atoms with Crippen LogP contribution in [0.1, 0.15) is 24.3 Å².